The Balaban J connectivity index is 1.52. The number of aliphatic carboxylic acids is 1. The van der Waals surface area contributed by atoms with Crippen molar-refractivity contribution in [2.75, 3.05) is 13.2 Å². The lowest BCUT2D eigenvalue weighted by molar-refractivity contribution is -0.155. The fourth-order valence-corrected chi connectivity index (χ4v) is 6.64. The van der Waals surface area contributed by atoms with Gasteiger partial charge in [-0.15, -0.1) is 0 Å². The first-order valence-electron chi connectivity index (χ1n) is 20.1. The van der Waals surface area contributed by atoms with Gasteiger partial charge in [-0.1, -0.05) is 78.9 Å². The summed E-state index contributed by atoms with van der Waals surface area (Å²) in [6.07, 6.45) is -2.31. The third kappa shape index (κ3) is 15.0. The Morgan fingerprint density at radius 3 is 1.70 bits per heavy atom. The van der Waals surface area contributed by atoms with E-state index >= 15 is 0 Å². The van der Waals surface area contributed by atoms with E-state index in [1.54, 1.807) is 71.9 Å². The molecule has 5 amide bonds. The van der Waals surface area contributed by atoms with Crippen LogP contribution in [0.1, 0.15) is 89.8 Å². The zero-order chi connectivity index (χ0) is 44.9. The summed E-state index contributed by atoms with van der Waals surface area (Å²) in [7, 11) is 0. The van der Waals surface area contributed by atoms with Crippen LogP contribution in [0.5, 0.6) is 0 Å². The Kier molecular flexibility index (Phi) is 16.5. The van der Waals surface area contributed by atoms with Crippen molar-refractivity contribution in [3.05, 3.63) is 95.6 Å². The van der Waals surface area contributed by atoms with Crippen LogP contribution in [0.3, 0.4) is 0 Å². The number of carbonyl (C=O) groups is 7. The molecule has 0 heterocycles. The topological polar surface area (TPSA) is 242 Å². The molecule has 0 aromatic heterocycles. The van der Waals surface area contributed by atoms with Crippen LogP contribution in [0, 0.1) is 0 Å². The maximum atomic E-state index is 14.1. The molecular formula is C45H57N5O11. The van der Waals surface area contributed by atoms with Crippen LogP contribution < -0.4 is 27.0 Å². The number of carbonyl (C=O) groups excluding carboxylic acids is 6. The van der Waals surface area contributed by atoms with Gasteiger partial charge in [0, 0.05) is 25.2 Å². The molecule has 0 radical (unpaired) electrons. The molecule has 0 saturated heterocycles. The van der Waals surface area contributed by atoms with Crippen molar-refractivity contribution in [2.24, 2.45) is 5.73 Å². The molecule has 0 unspecified atom stereocenters. The van der Waals surface area contributed by atoms with E-state index in [0.717, 1.165) is 22.3 Å². The van der Waals surface area contributed by atoms with Crippen LogP contribution >= 0.6 is 0 Å². The molecule has 3 aromatic rings. The molecule has 0 bridgehead atoms. The highest BCUT2D eigenvalue weighted by molar-refractivity contribution is 5.95. The third-order valence-electron chi connectivity index (χ3n) is 9.54. The number of fused-ring (bicyclic) bond motifs is 3. The van der Waals surface area contributed by atoms with Gasteiger partial charge < -0.3 is 46.3 Å². The van der Waals surface area contributed by atoms with E-state index < -0.39 is 77.0 Å². The summed E-state index contributed by atoms with van der Waals surface area (Å²) in [5, 5.41) is 20.0. The lowest BCUT2D eigenvalue weighted by Crippen LogP contribution is -2.59. The summed E-state index contributed by atoms with van der Waals surface area (Å²) >= 11 is 0. The normalized spacial score (nSPS) is 14.2. The number of nitrogens with two attached hydrogens (primary N) is 1. The van der Waals surface area contributed by atoms with Gasteiger partial charge in [-0.25, -0.2) is 9.59 Å². The fourth-order valence-electron chi connectivity index (χ4n) is 6.64. The molecule has 16 nitrogen and oxygen atoms in total. The molecule has 328 valence electrons. The highest BCUT2D eigenvalue weighted by Gasteiger charge is 2.34. The molecule has 61 heavy (non-hydrogen) atoms. The van der Waals surface area contributed by atoms with E-state index in [2.05, 4.69) is 21.3 Å². The summed E-state index contributed by atoms with van der Waals surface area (Å²) in [4.78, 5) is 91.3. The Labute approximate surface area is 355 Å². The minimum Gasteiger partial charge on any atom is -0.480 e. The van der Waals surface area contributed by atoms with Gasteiger partial charge in [-0.2, -0.15) is 0 Å². The number of carboxylic acids is 1. The number of amides is 5. The average molecular weight is 844 g/mol. The molecule has 7 N–H and O–H groups in total. The molecule has 16 heteroatoms. The predicted octanol–water partition coefficient (Wildman–Crippen LogP) is 3.88. The van der Waals surface area contributed by atoms with E-state index in [1.165, 1.54) is 0 Å². The molecule has 0 aliphatic heterocycles. The predicted molar refractivity (Wildman–Crippen MR) is 225 cm³/mol. The fraction of sp³-hybridized carbons (Fsp3) is 0.444. The second-order valence-electron chi connectivity index (χ2n) is 16.8. The highest BCUT2D eigenvalue weighted by atomic mass is 16.6. The molecular weight excluding hydrogens is 787 g/mol. The van der Waals surface area contributed by atoms with E-state index in [0.29, 0.717) is 5.56 Å². The number of rotatable bonds is 20. The molecule has 3 aromatic carbocycles. The van der Waals surface area contributed by atoms with Crippen LogP contribution in [-0.2, 0) is 49.4 Å². The third-order valence-corrected chi connectivity index (χ3v) is 9.54. The monoisotopic (exact) mass is 843 g/mol. The van der Waals surface area contributed by atoms with Crippen molar-refractivity contribution < 1.29 is 52.9 Å². The minimum absolute atomic E-state index is 0.0220. The zero-order valence-corrected chi connectivity index (χ0v) is 35.4. The largest absolute Gasteiger partial charge is 0.480 e. The van der Waals surface area contributed by atoms with Gasteiger partial charge in [0.15, 0.2) is 0 Å². The van der Waals surface area contributed by atoms with Crippen LogP contribution in [0.15, 0.2) is 78.9 Å². The summed E-state index contributed by atoms with van der Waals surface area (Å²) in [5.74, 6) is -5.79. The number of alkyl carbamates (subject to hydrolysis) is 1. The van der Waals surface area contributed by atoms with Crippen molar-refractivity contribution in [3.8, 4) is 11.1 Å². The van der Waals surface area contributed by atoms with Crippen LogP contribution in [0.25, 0.3) is 11.1 Å². The lowest BCUT2D eigenvalue weighted by Gasteiger charge is -2.28. The Morgan fingerprint density at radius 2 is 1.15 bits per heavy atom. The molecule has 1 aliphatic carbocycles. The van der Waals surface area contributed by atoms with Gasteiger partial charge in [0.05, 0.1) is 12.2 Å². The van der Waals surface area contributed by atoms with Gasteiger partial charge in [0.25, 0.3) is 0 Å². The number of benzene rings is 3. The van der Waals surface area contributed by atoms with E-state index in [4.69, 9.17) is 19.9 Å². The summed E-state index contributed by atoms with van der Waals surface area (Å²) in [5.41, 5.74) is 8.53. The van der Waals surface area contributed by atoms with Crippen molar-refractivity contribution >= 4 is 41.7 Å². The number of carboxylic acid groups (broad SMARTS) is 1. The number of esters is 1. The first kappa shape index (κ1) is 47.4. The minimum atomic E-state index is -1.56. The van der Waals surface area contributed by atoms with Crippen LogP contribution in [0.4, 0.5) is 4.79 Å². The smallest absolute Gasteiger partial charge is 0.407 e. The quantitative estimate of drug-likeness (QED) is 0.0892. The highest BCUT2D eigenvalue weighted by Crippen LogP contribution is 2.44. The lowest BCUT2D eigenvalue weighted by atomic mass is 9.98. The second kappa shape index (κ2) is 21.3. The molecule has 1 aliphatic rings. The van der Waals surface area contributed by atoms with Crippen LogP contribution in [0.2, 0.25) is 0 Å². The van der Waals surface area contributed by atoms with Crippen LogP contribution in [-0.4, -0.2) is 95.4 Å². The van der Waals surface area contributed by atoms with E-state index in [1.807, 2.05) is 48.5 Å². The molecule has 4 rings (SSSR count). The maximum Gasteiger partial charge on any atom is 0.407 e. The van der Waals surface area contributed by atoms with Crippen molar-refractivity contribution in [1.82, 2.24) is 21.3 Å². The van der Waals surface area contributed by atoms with Gasteiger partial charge in [-0.3, -0.25) is 24.0 Å². The summed E-state index contributed by atoms with van der Waals surface area (Å²) in [6.45, 7) is 9.94. The Morgan fingerprint density at radius 1 is 0.639 bits per heavy atom. The number of hydrogen-bond acceptors (Lipinski definition) is 10. The van der Waals surface area contributed by atoms with Gasteiger partial charge in [0.1, 0.15) is 36.4 Å². The van der Waals surface area contributed by atoms with Gasteiger partial charge in [-0.05, 0) is 82.2 Å². The molecule has 0 fully saturated rings. The van der Waals surface area contributed by atoms with E-state index in [9.17, 15) is 38.7 Å². The number of primary amides is 1. The van der Waals surface area contributed by atoms with E-state index in [-0.39, 0.29) is 51.2 Å². The SMILES string of the molecule is CC(C)(C)OC[C@H](NC(=O)OCC1c2ccccc2-c2ccccc21)C(=O)N[C@H](Cc1ccccc1)C(=O)N[C@@H](CCC(N)=O)C(=O)N[C@@H](CCC(=O)OC(C)(C)C)C(=O)O. The van der Waals surface area contributed by atoms with Gasteiger partial charge >= 0.3 is 18.0 Å². The number of ether oxygens (including phenoxy) is 3. The number of nitrogens with one attached hydrogen (secondary N) is 4. The number of hydrogen-bond donors (Lipinski definition) is 6. The standard InChI is InChI=1S/C45H57N5O11/c1-44(2,3)60-26-36(50-43(58)59-25-32-30-18-12-10-16-28(30)29-17-11-13-19-31(29)32)41(55)49-35(24-27-14-8-7-9-15-27)40(54)47-33(20-22-37(46)51)39(53)48-34(42(56)57)21-23-38(52)61-45(4,5)6/h7-19,32-36H,20-26H2,1-6H3,(H2,46,51)(H,47,54)(H,48,53)(H,49,55)(H,50,58)(H,56,57)/t33-,34-,35+,36-/m0/s1. The maximum absolute atomic E-state index is 14.1. The molecule has 0 saturated carbocycles. The van der Waals surface area contributed by atoms with Crippen molar-refractivity contribution in [3.63, 3.8) is 0 Å². The molecule has 0 spiro atoms. The van der Waals surface area contributed by atoms with Gasteiger partial charge in [0.2, 0.25) is 23.6 Å². The first-order valence-corrected chi connectivity index (χ1v) is 20.1. The van der Waals surface area contributed by atoms with Crippen molar-refractivity contribution in [1.29, 1.82) is 0 Å². The molecule has 4 atom stereocenters. The Hall–Kier alpha value is -6.29. The zero-order valence-electron chi connectivity index (χ0n) is 35.4. The Bertz CT molecular complexity index is 2000. The van der Waals surface area contributed by atoms with Crippen molar-refractivity contribution in [2.45, 2.75) is 115 Å². The average Bonchev–Trinajstić information content (AvgIpc) is 3.50. The summed E-state index contributed by atoms with van der Waals surface area (Å²) in [6, 6.07) is 18.6. The summed E-state index contributed by atoms with van der Waals surface area (Å²) < 4.78 is 16.9. The second-order valence-corrected chi connectivity index (χ2v) is 16.8. The first-order chi connectivity index (χ1) is 28.7.